The molecule has 0 amide bonds. The number of nitrogens with zero attached hydrogens (tertiary/aromatic N) is 3. The highest BCUT2D eigenvalue weighted by atomic mass is 35.5. The molecule has 2 N–H and O–H groups in total. The van der Waals surface area contributed by atoms with Crippen LogP contribution in [-0.4, -0.2) is 21.4 Å². The van der Waals surface area contributed by atoms with Crippen molar-refractivity contribution in [3.8, 4) is 6.07 Å². The van der Waals surface area contributed by atoms with Crippen molar-refractivity contribution >= 4 is 23.6 Å². The Kier molecular flexibility index (Phi) is 4.03. The number of rotatable bonds is 4. The summed E-state index contributed by atoms with van der Waals surface area (Å²) in [4.78, 5) is 7.27. The lowest BCUT2D eigenvalue weighted by Gasteiger charge is -2.00. The summed E-state index contributed by atoms with van der Waals surface area (Å²) < 4.78 is 0. The number of halogens is 1. The lowest BCUT2D eigenvalue weighted by molar-refractivity contribution is 0.993. The summed E-state index contributed by atoms with van der Waals surface area (Å²) in [6.07, 6.45) is 4.00. The predicted molar refractivity (Wildman–Crippen MR) is 85.6 cm³/mol. The number of aromatic nitrogens is 3. The molecule has 3 aromatic rings. The molecule has 0 saturated heterocycles. The first-order chi connectivity index (χ1) is 10.8. The molecule has 2 aromatic heterocycles. The number of benzene rings is 1. The molecule has 5 nitrogen and oxygen atoms in total. The minimum atomic E-state index is 0.383. The second kappa shape index (κ2) is 6.29. The Hall–Kier alpha value is -2.84. The van der Waals surface area contributed by atoms with E-state index in [9.17, 15) is 5.26 Å². The largest absolute Gasteiger partial charge is 0.360 e. The van der Waals surface area contributed by atoms with Gasteiger partial charge in [-0.1, -0.05) is 23.7 Å². The van der Waals surface area contributed by atoms with E-state index < -0.39 is 0 Å². The normalized spacial score (nSPS) is 10.9. The van der Waals surface area contributed by atoms with E-state index in [0.717, 1.165) is 17.0 Å². The van der Waals surface area contributed by atoms with Crippen LogP contribution in [0.3, 0.4) is 0 Å². The highest BCUT2D eigenvalue weighted by Crippen LogP contribution is 2.22. The summed E-state index contributed by atoms with van der Waals surface area (Å²) in [7, 11) is 0. The molecular weight excluding hydrogens is 298 g/mol. The van der Waals surface area contributed by atoms with Crippen LogP contribution in [0, 0.1) is 11.3 Å². The van der Waals surface area contributed by atoms with Crippen molar-refractivity contribution in [2.75, 3.05) is 0 Å². The van der Waals surface area contributed by atoms with Crippen LogP contribution in [0.1, 0.15) is 22.5 Å². The van der Waals surface area contributed by atoms with Gasteiger partial charge >= 0.3 is 0 Å². The molecule has 0 bridgehead atoms. The number of hydrogen-bond donors (Lipinski definition) is 2. The third kappa shape index (κ3) is 3.08. The van der Waals surface area contributed by atoms with E-state index in [1.54, 1.807) is 6.21 Å². The summed E-state index contributed by atoms with van der Waals surface area (Å²) in [5, 5.41) is 17.0. The Morgan fingerprint density at radius 3 is 2.95 bits per heavy atom. The summed E-state index contributed by atoms with van der Waals surface area (Å²) in [6.45, 7) is 0. The van der Waals surface area contributed by atoms with Crippen LogP contribution in [0.2, 0.25) is 5.02 Å². The highest BCUT2D eigenvalue weighted by molar-refractivity contribution is 6.30. The smallest absolute Gasteiger partial charge is 0.191 e. The summed E-state index contributed by atoms with van der Waals surface area (Å²) >= 11 is 5.98. The average Bonchev–Trinajstić information content (AvgIpc) is 3.14. The molecule has 108 valence electrons. The van der Waals surface area contributed by atoms with E-state index in [2.05, 4.69) is 26.2 Å². The van der Waals surface area contributed by atoms with Crippen LogP contribution >= 0.6 is 11.6 Å². The zero-order valence-corrected chi connectivity index (χ0v) is 12.3. The van der Waals surface area contributed by atoms with Crippen LogP contribution in [0.5, 0.6) is 0 Å². The van der Waals surface area contributed by atoms with Gasteiger partial charge in [0.15, 0.2) is 5.82 Å². The van der Waals surface area contributed by atoms with Crippen molar-refractivity contribution in [1.82, 2.24) is 15.2 Å². The van der Waals surface area contributed by atoms with E-state index >= 15 is 0 Å². The van der Waals surface area contributed by atoms with Gasteiger partial charge in [-0.25, -0.2) is 4.99 Å². The lowest BCUT2D eigenvalue weighted by Crippen LogP contribution is -1.91. The number of H-pyrrole nitrogens is 2. The molecule has 22 heavy (non-hydrogen) atoms. The van der Waals surface area contributed by atoms with Crippen LogP contribution in [0.4, 0.5) is 5.82 Å². The standard InChI is InChI=1S/C16H12ClN5/c17-12-4-1-3-11(7-12)8-15-14(9-18)16(22-21-15)20-10-13-5-2-6-19-13/h1-7,10,19H,8H2,(H,21,22). The minimum Gasteiger partial charge on any atom is -0.360 e. The highest BCUT2D eigenvalue weighted by Gasteiger charge is 2.12. The van der Waals surface area contributed by atoms with E-state index in [0.29, 0.717) is 22.8 Å². The molecule has 2 heterocycles. The van der Waals surface area contributed by atoms with Crippen molar-refractivity contribution in [2.45, 2.75) is 6.42 Å². The molecule has 0 fully saturated rings. The van der Waals surface area contributed by atoms with E-state index in [1.165, 1.54) is 0 Å². The molecule has 0 radical (unpaired) electrons. The second-order valence-electron chi connectivity index (χ2n) is 4.70. The predicted octanol–water partition coefficient (Wildman–Crippen LogP) is 3.60. The molecule has 0 atom stereocenters. The lowest BCUT2D eigenvalue weighted by atomic mass is 10.1. The van der Waals surface area contributed by atoms with Crippen LogP contribution in [-0.2, 0) is 6.42 Å². The number of hydrogen-bond acceptors (Lipinski definition) is 3. The van der Waals surface area contributed by atoms with E-state index in [1.807, 2.05) is 42.6 Å². The first-order valence-electron chi connectivity index (χ1n) is 6.65. The van der Waals surface area contributed by atoms with Gasteiger partial charge in [0, 0.05) is 17.6 Å². The Morgan fingerprint density at radius 1 is 1.32 bits per heavy atom. The Bertz CT molecular complexity index is 840. The number of aliphatic imine (C=N–C) groups is 1. The number of aromatic amines is 2. The van der Waals surface area contributed by atoms with Crippen LogP contribution in [0.15, 0.2) is 47.6 Å². The topological polar surface area (TPSA) is 80.6 Å². The minimum absolute atomic E-state index is 0.383. The third-order valence-electron chi connectivity index (χ3n) is 3.15. The molecule has 0 aliphatic rings. The van der Waals surface area contributed by atoms with Crippen LogP contribution in [0.25, 0.3) is 0 Å². The maximum Gasteiger partial charge on any atom is 0.191 e. The zero-order valence-electron chi connectivity index (χ0n) is 11.5. The first-order valence-corrected chi connectivity index (χ1v) is 7.03. The van der Waals surface area contributed by atoms with E-state index in [4.69, 9.17) is 11.6 Å². The van der Waals surface area contributed by atoms with Gasteiger partial charge in [-0.05, 0) is 29.8 Å². The Morgan fingerprint density at radius 2 is 2.23 bits per heavy atom. The van der Waals surface area contributed by atoms with Crippen molar-refractivity contribution in [2.24, 2.45) is 4.99 Å². The molecule has 0 aliphatic heterocycles. The fourth-order valence-electron chi connectivity index (χ4n) is 2.11. The van der Waals surface area contributed by atoms with Crippen molar-refractivity contribution < 1.29 is 0 Å². The van der Waals surface area contributed by atoms with Crippen molar-refractivity contribution in [3.63, 3.8) is 0 Å². The van der Waals surface area contributed by atoms with Gasteiger partial charge in [-0.15, -0.1) is 0 Å². The van der Waals surface area contributed by atoms with Gasteiger partial charge in [-0.3, -0.25) is 5.10 Å². The number of nitriles is 1. The maximum absolute atomic E-state index is 9.36. The monoisotopic (exact) mass is 309 g/mol. The third-order valence-corrected chi connectivity index (χ3v) is 3.39. The molecule has 6 heteroatoms. The van der Waals surface area contributed by atoms with Gasteiger partial charge in [-0.2, -0.15) is 10.4 Å². The second-order valence-corrected chi connectivity index (χ2v) is 5.14. The van der Waals surface area contributed by atoms with E-state index in [-0.39, 0.29) is 0 Å². The van der Waals surface area contributed by atoms with Crippen molar-refractivity contribution in [3.05, 3.63) is 70.1 Å². The van der Waals surface area contributed by atoms with Gasteiger partial charge in [0.25, 0.3) is 0 Å². The molecule has 0 aliphatic carbocycles. The molecule has 0 unspecified atom stereocenters. The average molecular weight is 310 g/mol. The molecule has 1 aromatic carbocycles. The van der Waals surface area contributed by atoms with Crippen molar-refractivity contribution in [1.29, 1.82) is 5.26 Å². The maximum atomic E-state index is 9.36. The zero-order chi connectivity index (χ0) is 15.4. The molecule has 0 saturated carbocycles. The Balaban J connectivity index is 1.86. The fourth-order valence-corrected chi connectivity index (χ4v) is 2.33. The SMILES string of the molecule is N#Cc1c(N=Cc2ccc[nH]2)n[nH]c1Cc1cccc(Cl)c1. The molecule has 3 rings (SSSR count). The number of nitrogens with one attached hydrogen (secondary N) is 2. The summed E-state index contributed by atoms with van der Waals surface area (Å²) in [5.41, 5.74) is 3.03. The quantitative estimate of drug-likeness (QED) is 0.722. The molecular formula is C16H12ClN5. The first kappa shape index (κ1) is 14.1. The van der Waals surface area contributed by atoms with Gasteiger partial charge in [0.2, 0.25) is 0 Å². The van der Waals surface area contributed by atoms with Gasteiger partial charge < -0.3 is 4.98 Å². The molecule has 0 spiro atoms. The van der Waals surface area contributed by atoms with Crippen LogP contribution < -0.4 is 0 Å². The van der Waals surface area contributed by atoms with Gasteiger partial charge in [0.1, 0.15) is 11.6 Å². The van der Waals surface area contributed by atoms with Gasteiger partial charge in [0.05, 0.1) is 17.6 Å². The fraction of sp³-hybridized carbons (Fsp3) is 0.0625. The summed E-state index contributed by atoms with van der Waals surface area (Å²) in [5.74, 6) is 0.383. The summed E-state index contributed by atoms with van der Waals surface area (Å²) in [6, 6.07) is 13.4. The Labute approximate surface area is 132 Å².